The van der Waals surface area contributed by atoms with Gasteiger partial charge in [-0.3, -0.25) is 0 Å². The Morgan fingerprint density at radius 3 is 3.00 bits per heavy atom. The number of benzene rings is 1. The molecule has 1 aromatic rings. The lowest BCUT2D eigenvalue weighted by molar-refractivity contribution is -0.00818. The SMILES string of the molecule is CCCNC(c1cc(F)ccc1Cl)C1CCCCO1. The average molecular weight is 286 g/mol. The van der Waals surface area contributed by atoms with Crippen molar-refractivity contribution in [2.45, 2.75) is 44.8 Å². The zero-order chi connectivity index (χ0) is 13.7. The van der Waals surface area contributed by atoms with Crippen molar-refractivity contribution in [2.24, 2.45) is 0 Å². The van der Waals surface area contributed by atoms with E-state index in [9.17, 15) is 4.39 Å². The van der Waals surface area contributed by atoms with E-state index in [2.05, 4.69) is 12.2 Å². The molecule has 2 rings (SSSR count). The van der Waals surface area contributed by atoms with Gasteiger partial charge in [-0.05, 0) is 56.0 Å². The van der Waals surface area contributed by atoms with E-state index in [0.717, 1.165) is 44.4 Å². The van der Waals surface area contributed by atoms with E-state index in [1.54, 1.807) is 6.07 Å². The molecule has 0 saturated carbocycles. The Morgan fingerprint density at radius 1 is 1.47 bits per heavy atom. The highest BCUT2D eigenvalue weighted by Crippen LogP contribution is 2.31. The molecule has 0 bridgehead atoms. The second-order valence-corrected chi connectivity index (χ2v) is 5.41. The summed E-state index contributed by atoms with van der Waals surface area (Å²) in [5.41, 5.74) is 0.807. The highest BCUT2D eigenvalue weighted by molar-refractivity contribution is 6.31. The molecule has 0 radical (unpaired) electrons. The topological polar surface area (TPSA) is 21.3 Å². The molecular weight excluding hydrogens is 265 g/mol. The van der Waals surface area contributed by atoms with Gasteiger partial charge in [-0.2, -0.15) is 0 Å². The van der Waals surface area contributed by atoms with E-state index in [0.29, 0.717) is 5.02 Å². The molecule has 0 aliphatic carbocycles. The van der Waals surface area contributed by atoms with Crippen LogP contribution in [0.2, 0.25) is 5.02 Å². The van der Waals surface area contributed by atoms with E-state index in [1.165, 1.54) is 12.1 Å². The predicted molar refractivity (Wildman–Crippen MR) is 76.0 cm³/mol. The van der Waals surface area contributed by atoms with Gasteiger partial charge in [-0.1, -0.05) is 18.5 Å². The van der Waals surface area contributed by atoms with Gasteiger partial charge in [0.05, 0.1) is 12.1 Å². The van der Waals surface area contributed by atoms with Crippen LogP contribution in [0.25, 0.3) is 0 Å². The molecule has 1 aromatic carbocycles. The van der Waals surface area contributed by atoms with Crippen LogP contribution in [0.1, 0.15) is 44.2 Å². The van der Waals surface area contributed by atoms with Crippen LogP contribution in [0, 0.1) is 5.82 Å². The number of hydrogen-bond donors (Lipinski definition) is 1. The van der Waals surface area contributed by atoms with Crippen molar-refractivity contribution in [1.82, 2.24) is 5.32 Å². The zero-order valence-corrected chi connectivity index (χ0v) is 12.0. The maximum atomic E-state index is 13.5. The third-order valence-corrected chi connectivity index (χ3v) is 3.84. The lowest BCUT2D eigenvalue weighted by Gasteiger charge is -2.32. The number of ether oxygens (including phenoxy) is 1. The second-order valence-electron chi connectivity index (χ2n) is 5.00. The summed E-state index contributed by atoms with van der Waals surface area (Å²) in [5, 5.41) is 4.05. The molecule has 1 aliphatic heterocycles. The van der Waals surface area contributed by atoms with Crippen LogP contribution in [0.4, 0.5) is 4.39 Å². The first-order valence-corrected chi connectivity index (χ1v) is 7.40. The van der Waals surface area contributed by atoms with Crippen LogP contribution in [-0.4, -0.2) is 19.3 Å². The summed E-state index contributed by atoms with van der Waals surface area (Å²) in [4.78, 5) is 0. The lowest BCUT2D eigenvalue weighted by Crippen LogP contribution is -2.36. The van der Waals surface area contributed by atoms with Crippen LogP contribution >= 0.6 is 11.6 Å². The molecule has 1 fully saturated rings. The van der Waals surface area contributed by atoms with Crippen LogP contribution in [0.5, 0.6) is 0 Å². The molecule has 106 valence electrons. The van der Waals surface area contributed by atoms with Gasteiger partial charge in [0, 0.05) is 11.6 Å². The predicted octanol–water partition coefficient (Wildman–Crippen LogP) is 4.09. The van der Waals surface area contributed by atoms with Crippen LogP contribution in [0.15, 0.2) is 18.2 Å². The normalized spacial score (nSPS) is 21.3. The van der Waals surface area contributed by atoms with Gasteiger partial charge in [0.25, 0.3) is 0 Å². The van der Waals surface area contributed by atoms with Crippen molar-refractivity contribution in [3.05, 3.63) is 34.6 Å². The minimum atomic E-state index is -0.251. The maximum Gasteiger partial charge on any atom is 0.123 e. The van der Waals surface area contributed by atoms with Crippen LogP contribution in [0.3, 0.4) is 0 Å². The van der Waals surface area contributed by atoms with Crippen LogP contribution < -0.4 is 5.32 Å². The van der Waals surface area contributed by atoms with Gasteiger partial charge in [0.2, 0.25) is 0 Å². The zero-order valence-electron chi connectivity index (χ0n) is 11.3. The molecule has 0 amide bonds. The standard InChI is InChI=1S/C15H21ClFNO/c1-2-8-18-15(14-5-3-4-9-19-14)12-10-11(17)6-7-13(12)16/h6-7,10,14-15,18H,2-5,8-9H2,1H3. The molecule has 0 spiro atoms. The van der Waals surface area contributed by atoms with E-state index < -0.39 is 0 Å². The summed E-state index contributed by atoms with van der Waals surface area (Å²) >= 11 is 6.23. The third kappa shape index (κ3) is 3.91. The first-order valence-electron chi connectivity index (χ1n) is 7.02. The second kappa shape index (κ2) is 7.22. The summed E-state index contributed by atoms with van der Waals surface area (Å²) in [6.45, 7) is 3.76. The van der Waals surface area contributed by atoms with Gasteiger partial charge >= 0.3 is 0 Å². The first-order chi connectivity index (χ1) is 9.22. The Bertz CT molecular complexity index is 407. The number of halogens is 2. The minimum Gasteiger partial charge on any atom is -0.376 e. The van der Waals surface area contributed by atoms with E-state index in [4.69, 9.17) is 16.3 Å². The monoisotopic (exact) mass is 285 g/mol. The molecule has 19 heavy (non-hydrogen) atoms. The summed E-state index contributed by atoms with van der Waals surface area (Å²) in [6.07, 6.45) is 4.36. The van der Waals surface area contributed by atoms with Crippen molar-refractivity contribution in [1.29, 1.82) is 0 Å². The summed E-state index contributed by atoms with van der Waals surface area (Å²) in [7, 11) is 0. The number of hydrogen-bond acceptors (Lipinski definition) is 2. The largest absolute Gasteiger partial charge is 0.376 e. The molecule has 2 atom stereocenters. The van der Waals surface area contributed by atoms with Crippen molar-refractivity contribution in [3.63, 3.8) is 0 Å². The molecular formula is C15H21ClFNO. The molecule has 2 unspecified atom stereocenters. The Labute approximate surface area is 119 Å². The molecule has 1 aliphatic rings. The van der Waals surface area contributed by atoms with Crippen molar-refractivity contribution < 1.29 is 9.13 Å². The number of nitrogens with one attached hydrogen (secondary N) is 1. The van der Waals surface area contributed by atoms with Crippen molar-refractivity contribution in [2.75, 3.05) is 13.2 Å². The fraction of sp³-hybridized carbons (Fsp3) is 0.600. The Hall–Kier alpha value is -0.640. The smallest absolute Gasteiger partial charge is 0.123 e. The van der Waals surface area contributed by atoms with E-state index in [-0.39, 0.29) is 18.0 Å². The van der Waals surface area contributed by atoms with Gasteiger partial charge in [0.15, 0.2) is 0 Å². The summed E-state index contributed by atoms with van der Waals surface area (Å²) < 4.78 is 19.3. The summed E-state index contributed by atoms with van der Waals surface area (Å²) in [5.74, 6) is -0.251. The van der Waals surface area contributed by atoms with E-state index in [1.807, 2.05) is 0 Å². The van der Waals surface area contributed by atoms with Gasteiger partial charge in [-0.15, -0.1) is 0 Å². The van der Waals surface area contributed by atoms with Crippen molar-refractivity contribution >= 4 is 11.6 Å². The number of rotatable bonds is 5. The van der Waals surface area contributed by atoms with Crippen LogP contribution in [-0.2, 0) is 4.74 Å². The maximum absolute atomic E-state index is 13.5. The minimum absolute atomic E-state index is 0.0246. The molecule has 0 aromatic heterocycles. The van der Waals surface area contributed by atoms with Gasteiger partial charge in [-0.25, -0.2) is 4.39 Å². The Morgan fingerprint density at radius 2 is 2.32 bits per heavy atom. The van der Waals surface area contributed by atoms with Crippen molar-refractivity contribution in [3.8, 4) is 0 Å². The third-order valence-electron chi connectivity index (χ3n) is 3.49. The Balaban J connectivity index is 2.22. The Kier molecular flexibility index (Phi) is 5.61. The molecule has 4 heteroatoms. The average Bonchev–Trinajstić information content (AvgIpc) is 2.44. The van der Waals surface area contributed by atoms with Gasteiger partial charge < -0.3 is 10.1 Å². The molecule has 1 heterocycles. The molecule has 1 N–H and O–H groups in total. The highest BCUT2D eigenvalue weighted by atomic mass is 35.5. The van der Waals surface area contributed by atoms with E-state index >= 15 is 0 Å². The fourth-order valence-electron chi connectivity index (χ4n) is 2.52. The summed E-state index contributed by atoms with van der Waals surface area (Å²) in [6, 6.07) is 4.51. The highest BCUT2D eigenvalue weighted by Gasteiger charge is 2.27. The molecule has 1 saturated heterocycles. The lowest BCUT2D eigenvalue weighted by atomic mass is 9.95. The fourth-order valence-corrected chi connectivity index (χ4v) is 2.76. The van der Waals surface area contributed by atoms with Gasteiger partial charge in [0.1, 0.15) is 5.82 Å². The first kappa shape index (κ1) is 14.8. The molecule has 2 nitrogen and oxygen atoms in total. The quantitative estimate of drug-likeness (QED) is 0.880.